The Bertz CT molecular complexity index is 756. The zero-order chi connectivity index (χ0) is 14.8. The molecule has 2 aromatic rings. The molecule has 0 aliphatic carbocycles. The first kappa shape index (κ1) is 13.0. The summed E-state index contributed by atoms with van der Waals surface area (Å²) in [6.45, 7) is 0.971. The van der Waals surface area contributed by atoms with Gasteiger partial charge in [0.15, 0.2) is 11.5 Å². The Hall–Kier alpha value is -3.03. The van der Waals surface area contributed by atoms with Gasteiger partial charge in [0.05, 0.1) is 5.69 Å². The molecule has 3 rings (SSSR count). The van der Waals surface area contributed by atoms with Crippen molar-refractivity contribution in [2.75, 3.05) is 18.6 Å². The molecule has 0 spiro atoms. The third-order valence-corrected chi connectivity index (χ3v) is 2.89. The monoisotopic (exact) mass is 288 g/mol. The maximum Gasteiger partial charge on any atom is 0.284 e. The summed E-state index contributed by atoms with van der Waals surface area (Å²) < 4.78 is 11.9. The van der Waals surface area contributed by atoms with Crippen LogP contribution < -0.4 is 26.2 Å². The summed E-state index contributed by atoms with van der Waals surface area (Å²) in [4.78, 5) is 26.9. The highest BCUT2D eigenvalue weighted by Crippen LogP contribution is 2.32. The van der Waals surface area contributed by atoms with E-state index in [1.807, 2.05) is 0 Å². The molecule has 0 fully saturated rings. The normalized spacial score (nSPS) is 12.8. The number of anilines is 1. The lowest BCUT2D eigenvalue weighted by molar-refractivity contribution is 0.0998. The van der Waals surface area contributed by atoms with E-state index >= 15 is 0 Å². The number of hydrogen-bond donors (Lipinski definition) is 2. The van der Waals surface area contributed by atoms with Gasteiger partial charge in [-0.2, -0.15) is 0 Å². The second-order valence-corrected chi connectivity index (χ2v) is 4.32. The van der Waals surface area contributed by atoms with E-state index in [-0.39, 0.29) is 5.56 Å². The third kappa shape index (κ3) is 2.50. The molecule has 1 aromatic carbocycles. The maximum absolute atomic E-state index is 12.0. The second kappa shape index (κ2) is 5.16. The van der Waals surface area contributed by atoms with Crippen LogP contribution in [0, 0.1) is 0 Å². The Labute approximate surface area is 119 Å². The van der Waals surface area contributed by atoms with Gasteiger partial charge in [0.25, 0.3) is 11.5 Å². The van der Waals surface area contributed by atoms with E-state index in [1.165, 1.54) is 6.33 Å². The standard InChI is InChI=1S/C13H12N4O4/c14-12(18)9-6-15-7-17(13(9)19)16-8-1-2-10-11(5-8)21-4-3-20-10/h1-2,5-7,16H,3-4H2,(H2,14,18). The van der Waals surface area contributed by atoms with Crippen molar-refractivity contribution in [1.29, 1.82) is 0 Å². The van der Waals surface area contributed by atoms with E-state index in [2.05, 4.69) is 10.4 Å². The van der Waals surface area contributed by atoms with Gasteiger partial charge in [0, 0.05) is 12.3 Å². The van der Waals surface area contributed by atoms with Gasteiger partial charge >= 0.3 is 0 Å². The number of fused-ring (bicyclic) bond motifs is 1. The lowest BCUT2D eigenvalue weighted by Crippen LogP contribution is -2.33. The summed E-state index contributed by atoms with van der Waals surface area (Å²) in [6, 6.07) is 5.14. The fourth-order valence-corrected chi connectivity index (χ4v) is 1.91. The van der Waals surface area contributed by atoms with Gasteiger partial charge in [-0.3, -0.25) is 15.0 Å². The molecule has 0 unspecified atom stereocenters. The SMILES string of the molecule is NC(=O)c1cncn(Nc2ccc3c(c2)OCCO3)c1=O. The van der Waals surface area contributed by atoms with Crippen LogP contribution in [0.2, 0.25) is 0 Å². The van der Waals surface area contributed by atoms with Gasteiger partial charge in [-0.05, 0) is 12.1 Å². The van der Waals surface area contributed by atoms with Crippen LogP contribution in [0.15, 0.2) is 35.5 Å². The minimum atomic E-state index is -0.828. The summed E-state index contributed by atoms with van der Waals surface area (Å²) in [5.74, 6) is 0.396. The van der Waals surface area contributed by atoms with Gasteiger partial charge in [-0.25, -0.2) is 9.66 Å². The fraction of sp³-hybridized carbons (Fsp3) is 0.154. The molecule has 0 radical (unpaired) electrons. The number of benzene rings is 1. The van der Waals surface area contributed by atoms with E-state index in [1.54, 1.807) is 18.2 Å². The molecule has 0 saturated heterocycles. The number of aromatic nitrogens is 2. The van der Waals surface area contributed by atoms with Crippen molar-refractivity contribution in [1.82, 2.24) is 9.66 Å². The first-order valence-corrected chi connectivity index (χ1v) is 6.18. The van der Waals surface area contributed by atoms with Gasteiger partial charge < -0.3 is 15.2 Å². The van der Waals surface area contributed by atoms with Gasteiger partial charge in [0.2, 0.25) is 0 Å². The van der Waals surface area contributed by atoms with Crippen LogP contribution in [0.25, 0.3) is 0 Å². The molecule has 21 heavy (non-hydrogen) atoms. The summed E-state index contributed by atoms with van der Waals surface area (Å²) in [6.07, 6.45) is 2.39. The Balaban J connectivity index is 1.92. The number of ether oxygens (including phenoxy) is 2. The van der Waals surface area contributed by atoms with E-state index in [9.17, 15) is 9.59 Å². The van der Waals surface area contributed by atoms with Gasteiger partial charge in [0.1, 0.15) is 25.1 Å². The van der Waals surface area contributed by atoms with Crippen LogP contribution in [-0.4, -0.2) is 28.8 Å². The van der Waals surface area contributed by atoms with Crippen LogP contribution in [0.1, 0.15) is 10.4 Å². The quantitative estimate of drug-likeness (QED) is 0.822. The van der Waals surface area contributed by atoms with Crippen LogP contribution in [0.5, 0.6) is 11.5 Å². The molecule has 0 atom stereocenters. The fourth-order valence-electron chi connectivity index (χ4n) is 1.91. The van der Waals surface area contributed by atoms with E-state index < -0.39 is 11.5 Å². The lowest BCUT2D eigenvalue weighted by atomic mass is 10.2. The Morgan fingerprint density at radius 1 is 1.29 bits per heavy atom. The first-order chi connectivity index (χ1) is 10.1. The number of nitrogens with two attached hydrogens (primary N) is 1. The summed E-state index contributed by atoms with van der Waals surface area (Å²) in [7, 11) is 0. The summed E-state index contributed by atoms with van der Waals surface area (Å²) in [5.41, 5.74) is 7.75. The van der Waals surface area contributed by atoms with Crippen molar-refractivity contribution in [2.24, 2.45) is 5.73 Å². The van der Waals surface area contributed by atoms with Crippen molar-refractivity contribution in [2.45, 2.75) is 0 Å². The van der Waals surface area contributed by atoms with Crippen LogP contribution in [0.4, 0.5) is 5.69 Å². The number of nitrogens with one attached hydrogen (secondary N) is 1. The van der Waals surface area contributed by atoms with E-state index in [0.29, 0.717) is 30.4 Å². The molecule has 2 heterocycles. The number of hydrogen-bond acceptors (Lipinski definition) is 6. The number of carbonyl (C=O) groups excluding carboxylic acids is 1. The Morgan fingerprint density at radius 3 is 2.81 bits per heavy atom. The Kier molecular flexibility index (Phi) is 3.19. The number of carbonyl (C=O) groups is 1. The molecule has 0 saturated carbocycles. The molecule has 1 aliphatic rings. The molecule has 1 aliphatic heterocycles. The second-order valence-electron chi connectivity index (χ2n) is 4.32. The zero-order valence-corrected chi connectivity index (χ0v) is 10.9. The summed E-state index contributed by atoms with van der Waals surface area (Å²) >= 11 is 0. The van der Waals surface area contributed by atoms with Crippen LogP contribution >= 0.6 is 0 Å². The van der Waals surface area contributed by atoms with Gasteiger partial charge in [-0.1, -0.05) is 0 Å². The van der Waals surface area contributed by atoms with Gasteiger partial charge in [-0.15, -0.1) is 0 Å². The number of rotatable bonds is 3. The minimum Gasteiger partial charge on any atom is -0.486 e. The van der Waals surface area contributed by atoms with Crippen LogP contribution in [0.3, 0.4) is 0 Å². The molecule has 108 valence electrons. The maximum atomic E-state index is 12.0. The highest BCUT2D eigenvalue weighted by Gasteiger charge is 2.13. The highest BCUT2D eigenvalue weighted by molar-refractivity contribution is 5.92. The Morgan fingerprint density at radius 2 is 2.05 bits per heavy atom. The molecule has 8 heteroatoms. The molecule has 8 nitrogen and oxygen atoms in total. The first-order valence-electron chi connectivity index (χ1n) is 6.18. The zero-order valence-electron chi connectivity index (χ0n) is 10.9. The smallest absolute Gasteiger partial charge is 0.284 e. The molecule has 3 N–H and O–H groups in total. The number of nitrogens with zero attached hydrogens (tertiary/aromatic N) is 2. The average molecular weight is 288 g/mol. The number of primary amides is 1. The minimum absolute atomic E-state index is 0.192. The predicted molar refractivity (Wildman–Crippen MR) is 73.5 cm³/mol. The van der Waals surface area contributed by atoms with Crippen LogP contribution in [-0.2, 0) is 0 Å². The van der Waals surface area contributed by atoms with Crippen molar-refractivity contribution in [3.63, 3.8) is 0 Å². The molecular formula is C13H12N4O4. The predicted octanol–water partition coefficient (Wildman–Crippen LogP) is -0.0114. The molecule has 1 amide bonds. The molecular weight excluding hydrogens is 276 g/mol. The average Bonchev–Trinajstić information content (AvgIpc) is 2.49. The van der Waals surface area contributed by atoms with Crippen molar-refractivity contribution >= 4 is 11.6 Å². The van der Waals surface area contributed by atoms with E-state index in [4.69, 9.17) is 15.2 Å². The van der Waals surface area contributed by atoms with Crippen molar-refractivity contribution < 1.29 is 14.3 Å². The largest absolute Gasteiger partial charge is 0.486 e. The lowest BCUT2D eigenvalue weighted by Gasteiger charge is -2.19. The van der Waals surface area contributed by atoms with Crippen molar-refractivity contribution in [3.05, 3.63) is 46.6 Å². The van der Waals surface area contributed by atoms with Crippen molar-refractivity contribution in [3.8, 4) is 11.5 Å². The molecule has 0 bridgehead atoms. The summed E-state index contributed by atoms with van der Waals surface area (Å²) in [5, 5.41) is 0. The topological polar surface area (TPSA) is 108 Å². The third-order valence-electron chi connectivity index (χ3n) is 2.89. The number of amides is 1. The molecule has 1 aromatic heterocycles. The van der Waals surface area contributed by atoms with E-state index in [0.717, 1.165) is 10.9 Å². The highest BCUT2D eigenvalue weighted by atomic mass is 16.6.